The van der Waals surface area contributed by atoms with Crippen LogP contribution >= 0.6 is 0 Å². The maximum atomic E-state index is 9.90. The third-order valence-electron chi connectivity index (χ3n) is 1.42. The van der Waals surface area contributed by atoms with E-state index in [0.717, 1.165) is 0 Å². The van der Waals surface area contributed by atoms with Crippen molar-refractivity contribution < 1.29 is 43.3 Å². The Morgan fingerprint density at radius 3 is 1.71 bits per heavy atom. The van der Waals surface area contributed by atoms with Gasteiger partial charge in [0.2, 0.25) is 0 Å². The molecule has 4 atom stereocenters. The summed E-state index contributed by atoms with van der Waals surface area (Å²) in [6.07, 6.45) is -6.84. The van der Waals surface area contributed by atoms with Gasteiger partial charge < -0.3 is 30.3 Å². The van der Waals surface area contributed by atoms with Gasteiger partial charge in [-0.25, -0.2) is 5.14 Å². The molecule has 0 amide bonds. The molecular weight excluding hydrogens is 262 g/mol. The van der Waals surface area contributed by atoms with Crippen LogP contribution in [0.3, 0.4) is 0 Å². The summed E-state index contributed by atoms with van der Waals surface area (Å²) in [5.41, 5.74) is 0. The van der Waals surface area contributed by atoms with Gasteiger partial charge >= 0.3 is 10.3 Å². The highest BCUT2D eigenvalue weighted by Gasteiger charge is 2.29. The van der Waals surface area contributed by atoms with Gasteiger partial charge in [-0.15, -0.1) is 0 Å². The van der Waals surface area contributed by atoms with Crippen molar-refractivity contribution in [2.75, 3.05) is 6.61 Å². The number of nitrogens with two attached hydrogens (primary N) is 1. The third-order valence-corrected chi connectivity index (χ3v) is 1.42. The molecule has 0 aromatic heterocycles. The minimum Gasteiger partial charge on any atom is -0.394 e. The first-order chi connectivity index (χ1) is 7.54. The number of hydrogen-bond donors (Lipinski definition) is 7. The van der Waals surface area contributed by atoms with Gasteiger partial charge in [0.25, 0.3) is 0 Å². The predicted octanol–water partition coefficient (Wildman–Crippen LogP) is -4.63. The SMILES string of the molecule is NS(=O)(=O)O.O=C[C@H](O)[C@@H](O)[C@H](O)[C@H](O)CO. The molecule has 0 fully saturated rings. The van der Waals surface area contributed by atoms with Crippen LogP contribution in [0.15, 0.2) is 0 Å². The van der Waals surface area contributed by atoms with Crippen molar-refractivity contribution >= 4 is 16.6 Å². The Kier molecular flexibility index (Phi) is 9.28. The van der Waals surface area contributed by atoms with Gasteiger partial charge in [0.15, 0.2) is 6.29 Å². The summed E-state index contributed by atoms with van der Waals surface area (Å²) in [6.45, 7) is -0.760. The molecule has 0 unspecified atom stereocenters. The Labute approximate surface area is 96.8 Å². The van der Waals surface area contributed by atoms with Crippen LogP contribution in [0, 0.1) is 0 Å². The normalized spacial score (nSPS) is 18.3. The van der Waals surface area contributed by atoms with Gasteiger partial charge in [-0.2, -0.15) is 8.42 Å². The van der Waals surface area contributed by atoms with Gasteiger partial charge in [0.05, 0.1) is 6.61 Å². The van der Waals surface area contributed by atoms with Gasteiger partial charge in [0.1, 0.15) is 24.4 Å². The van der Waals surface area contributed by atoms with Crippen molar-refractivity contribution in [3.8, 4) is 0 Å². The van der Waals surface area contributed by atoms with Crippen molar-refractivity contribution in [1.29, 1.82) is 0 Å². The molecule has 0 saturated carbocycles. The molecule has 0 heterocycles. The number of hydrogen-bond acceptors (Lipinski definition) is 8. The van der Waals surface area contributed by atoms with E-state index < -0.39 is 41.3 Å². The summed E-state index contributed by atoms with van der Waals surface area (Å²) < 4.78 is 25.2. The Bertz CT molecular complexity index is 297. The van der Waals surface area contributed by atoms with Gasteiger partial charge in [-0.1, -0.05) is 0 Å². The summed E-state index contributed by atoms with van der Waals surface area (Å²) in [4.78, 5) is 9.90. The minimum absolute atomic E-state index is 0.0258. The molecule has 8 N–H and O–H groups in total. The molecular formula is C6H15NO9S. The van der Waals surface area contributed by atoms with Gasteiger partial charge in [-0.3, -0.25) is 4.55 Å². The second kappa shape index (κ2) is 8.43. The minimum atomic E-state index is -4.17. The van der Waals surface area contributed by atoms with Crippen LogP contribution in [0.25, 0.3) is 0 Å². The van der Waals surface area contributed by atoms with E-state index in [4.69, 9.17) is 38.5 Å². The third kappa shape index (κ3) is 11.6. The summed E-state index contributed by atoms with van der Waals surface area (Å²) in [5, 5.41) is 47.4. The van der Waals surface area contributed by atoms with Crippen LogP contribution in [0.2, 0.25) is 0 Å². The van der Waals surface area contributed by atoms with Gasteiger partial charge in [0, 0.05) is 0 Å². The molecule has 11 heteroatoms. The van der Waals surface area contributed by atoms with E-state index >= 15 is 0 Å². The van der Waals surface area contributed by atoms with E-state index in [-0.39, 0.29) is 6.29 Å². The molecule has 104 valence electrons. The van der Waals surface area contributed by atoms with Crippen molar-refractivity contribution in [1.82, 2.24) is 0 Å². The zero-order valence-electron chi connectivity index (χ0n) is 8.49. The lowest BCUT2D eigenvalue weighted by Gasteiger charge is -2.22. The number of carbonyl (C=O) groups is 1. The van der Waals surface area contributed by atoms with Crippen molar-refractivity contribution in [2.24, 2.45) is 5.14 Å². The average molecular weight is 277 g/mol. The molecule has 0 radical (unpaired) electrons. The lowest BCUT2D eigenvalue weighted by molar-refractivity contribution is -0.136. The summed E-state index contributed by atoms with van der Waals surface area (Å²) >= 11 is 0. The Morgan fingerprint density at radius 2 is 1.47 bits per heavy atom. The number of aldehydes is 1. The van der Waals surface area contributed by atoms with Crippen molar-refractivity contribution in [3.05, 3.63) is 0 Å². The first-order valence-corrected chi connectivity index (χ1v) is 5.58. The highest BCUT2D eigenvalue weighted by atomic mass is 32.2. The second-order valence-electron chi connectivity index (χ2n) is 2.87. The lowest BCUT2D eigenvalue weighted by Crippen LogP contribution is -2.46. The Balaban J connectivity index is 0. The molecule has 0 aliphatic carbocycles. The molecule has 17 heavy (non-hydrogen) atoms. The van der Waals surface area contributed by atoms with Crippen LogP contribution in [0.4, 0.5) is 0 Å². The van der Waals surface area contributed by atoms with E-state index in [1.807, 2.05) is 0 Å². The maximum absolute atomic E-state index is 9.90. The highest BCUT2D eigenvalue weighted by molar-refractivity contribution is 7.83. The standard InChI is InChI=1S/C6H12O6.H3NO3S/c7-1-3(9)5(11)6(12)4(10)2-8;1-5(2,3)4/h1,3-6,8-12H,2H2;(H3,1,2,3,4)/t3-,4+,5+,6+;/m0./s1. The second-order valence-corrected chi connectivity index (χ2v) is 3.90. The Morgan fingerprint density at radius 1 is 1.12 bits per heavy atom. The number of aliphatic hydroxyl groups excluding tert-OH is 5. The number of rotatable bonds is 5. The van der Waals surface area contributed by atoms with Gasteiger partial charge in [-0.05, 0) is 0 Å². The zero-order chi connectivity index (χ0) is 14.2. The topological polar surface area (TPSA) is 199 Å². The predicted molar refractivity (Wildman–Crippen MR) is 52.9 cm³/mol. The van der Waals surface area contributed by atoms with Crippen molar-refractivity contribution in [3.63, 3.8) is 0 Å². The molecule has 0 bridgehead atoms. The number of carbonyl (C=O) groups excluding carboxylic acids is 1. The fourth-order valence-corrected chi connectivity index (χ4v) is 0.618. The molecule has 0 aromatic carbocycles. The lowest BCUT2D eigenvalue weighted by atomic mass is 10.0. The largest absolute Gasteiger partial charge is 0.394 e. The number of aliphatic hydroxyl groups is 5. The first-order valence-electron chi connectivity index (χ1n) is 4.08. The maximum Gasteiger partial charge on any atom is 0.330 e. The van der Waals surface area contributed by atoms with E-state index in [0.29, 0.717) is 0 Å². The van der Waals surface area contributed by atoms with Crippen LogP contribution < -0.4 is 5.14 Å². The monoisotopic (exact) mass is 277 g/mol. The van der Waals surface area contributed by atoms with Crippen LogP contribution in [-0.4, -0.2) is 75.8 Å². The Hall–Kier alpha value is -0.660. The average Bonchev–Trinajstić information content (AvgIpc) is 2.22. The van der Waals surface area contributed by atoms with E-state index in [1.54, 1.807) is 0 Å². The highest BCUT2D eigenvalue weighted by Crippen LogP contribution is 2.02. The molecule has 0 aliphatic heterocycles. The molecule has 10 nitrogen and oxygen atoms in total. The van der Waals surface area contributed by atoms with E-state index in [2.05, 4.69) is 5.14 Å². The molecule has 0 aliphatic rings. The molecule has 0 aromatic rings. The van der Waals surface area contributed by atoms with Crippen molar-refractivity contribution in [2.45, 2.75) is 24.4 Å². The smallest absolute Gasteiger partial charge is 0.330 e. The van der Waals surface area contributed by atoms with E-state index in [1.165, 1.54) is 0 Å². The fourth-order valence-electron chi connectivity index (χ4n) is 0.618. The van der Waals surface area contributed by atoms with Crippen LogP contribution in [0.5, 0.6) is 0 Å². The summed E-state index contributed by atoms with van der Waals surface area (Å²) in [5.74, 6) is 0. The van der Waals surface area contributed by atoms with Crippen LogP contribution in [-0.2, 0) is 15.1 Å². The quantitative estimate of drug-likeness (QED) is 0.191. The van der Waals surface area contributed by atoms with E-state index in [9.17, 15) is 4.79 Å². The molecule has 0 spiro atoms. The van der Waals surface area contributed by atoms with Crippen LogP contribution in [0.1, 0.15) is 0 Å². The summed E-state index contributed by atoms with van der Waals surface area (Å²) in [7, 11) is -4.17. The molecule has 0 saturated heterocycles. The zero-order valence-corrected chi connectivity index (χ0v) is 9.30. The summed E-state index contributed by atoms with van der Waals surface area (Å²) in [6, 6.07) is 0. The first kappa shape index (κ1) is 18.7. The fraction of sp³-hybridized carbons (Fsp3) is 0.833. The molecule has 0 rings (SSSR count).